The zero-order valence-electron chi connectivity index (χ0n) is 11.2. The van der Waals surface area contributed by atoms with Gasteiger partial charge in [-0.15, -0.1) is 0 Å². The number of aryl methyl sites for hydroxylation is 1. The summed E-state index contributed by atoms with van der Waals surface area (Å²) in [6.45, 7) is 6.22. The molecule has 0 amide bonds. The first-order chi connectivity index (χ1) is 9.22. The Morgan fingerprint density at radius 3 is 2.68 bits per heavy atom. The van der Waals surface area contributed by atoms with Gasteiger partial charge in [-0.25, -0.2) is 9.97 Å². The van der Waals surface area contributed by atoms with Crippen LogP contribution in [0.1, 0.15) is 12.2 Å². The highest BCUT2D eigenvalue weighted by molar-refractivity contribution is 7.99. The molecular weight excluding hydrogens is 280 g/mol. The maximum atomic E-state index is 6.01. The van der Waals surface area contributed by atoms with Crippen molar-refractivity contribution in [3.8, 4) is 0 Å². The van der Waals surface area contributed by atoms with E-state index >= 15 is 0 Å². The summed E-state index contributed by atoms with van der Waals surface area (Å²) in [6.07, 6.45) is 1.35. The standard InChI is InChI=1S/C13H19ClN4S/c1-10-15-12(14)8-13(16-10)18-5-3-17(4-6-18)11-2-7-19-9-11/h8,11H,2-7,9H2,1H3/t11-/m0/s1. The predicted molar refractivity (Wildman–Crippen MR) is 81.3 cm³/mol. The van der Waals surface area contributed by atoms with Crippen molar-refractivity contribution >= 4 is 29.2 Å². The molecule has 0 radical (unpaired) electrons. The van der Waals surface area contributed by atoms with Crippen molar-refractivity contribution in [2.45, 2.75) is 19.4 Å². The summed E-state index contributed by atoms with van der Waals surface area (Å²) in [5.74, 6) is 4.35. The van der Waals surface area contributed by atoms with Gasteiger partial charge in [0.05, 0.1) is 0 Å². The van der Waals surface area contributed by atoms with E-state index in [0.717, 1.165) is 43.9 Å². The smallest absolute Gasteiger partial charge is 0.134 e. The SMILES string of the molecule is Cc1nc(Cl)cc(N2CCN([C@H]3CCSC3)CC2)n1. The Kier molecular flexibility index (Phi) is 4.15. The van der Waals surface area contributed by atoms with Crippen LogP contribution in [0.15, 0.2) is 6.07 Å². The zero-order valence-corrected chi connectivity index (χ0v) is 12.8. The zero-order chi connectivity index (χ0) is 13.2. The fraction of sp³-hybridized carbons (Fsp3) is 0.692. The van der Waals surface area contributed by atoms with Crippen molar-refractivity contribution in [3.05, 3.63) is 17.0 Å². The van der Waals surface area contributed by atoms with E-state index in [9.17, 15) is 0 Å². The molecule has 0 aliphatic carbocycles. The van der Waals surface area contributed by atoms with Gasteiger partial charge >= 0.3 is 0 Å². The van der Waals surface area contributed by atoms with Crippen LogP contribution < -0.4 is 4.90 Å². The molecule has 3 heterocycles. The molecule has 2 aliphatic rings. The van der Waals surface area contributed by atoms with Crippen molar-refractivity contribution in [2.75, 3.05) is 42.6 Å². The molecule has 1 aromatic heterocycles. The molecule has 2 fully saturated rings. The summed E-state index contributed by atoms with van der Waals surface area (Å²) in [5.41, 5.74) is 0. The van der Waals surface area contributed by atoms with Crippen LogP contribution in [0.25, 0.3) is 0 Å². The average Bonchev–Trinajstić information content (AvgIpc) is 2.91. The van der Waals surface area contributed by atoms with Gasteiger partial charge in [-0.2, -0.15) is 11.8 Å². The maximum Gasteiger partial charge on any atom is 0.134 e. The van der Waals surface area contributed by atoms with Crippen LogP contribution in [0.3, 0.4) is 0 Å². The van der Waals surface area contributed by atoms with Gasteiger partial charge in [0, 0.05) is 44.0 Å². The van der Waals surface area contributed by atoms with Gasteiger partial charge in [-0.3, -0.25) is 4.90 Å². The molecule has 2 aliphatic heterocycles. The van der Waals surface area contributed by atoms with Crippen molar-refractivity contribution in [1.29, 1.82) is 0 Å². The number of aromatic nitrogens is 2. The van der Waals surface area contributed by atoms with Gasteiger partial charge < -0.3 is 4.90 Å². The Morgan fingerprint density at radius 1 is 1.26 bits per heavy atom. The van der Waals surface area contributed by atoms with Crippen molar-refractivity contribution in [3.63, 3.8) is 0 Å². The molecule has 104 valence electrons. The Balaban J connectivity index is 1.63. The van der Waals surface area contributed by atoms with E-state index in [1.165, 1.54) is 17.9 Å². The molecule has 1 aromatic rings. The highest BCUT2D eigenvalue weighted by Gasteiger charge is 2.26. The monoisotopic (exact) mass is 298 g/mol. The molecule has 0 aromatic carbocycles. The molecule has 3 rings (SSSR count). The van der Waals surface area contributed by atoms with Crippen molar-refractivity contribution in [1.82, 2.24) is 14.9 Å². The average molecular weight is 299 g/mol. The summed E-state index contributed by atoms with van der Waals surface area (Å²) in [4.78, 5) is 13.6. The van der Waals surface area contributed by atoms with E-state index in [0.29, 0.717) is 5.15 Å². The molecule has 0 bridgehead atoms. The van der Waals surface area contributed by atoms with Gasteiger partial charge in [0.15, 0.2) is 0 Å². The normalized spacial score (nSPS) is 24.9. The number of hydrogen-bond donors (Lipinski definition) is 0. The highest BCUT2D eigenvalue weighted by atomic mass is 35.5. The number of thioether (sulfide) groups is 1. The molecule has 0 spiro atoms. The maximum absolute atomic E-state index is 6.01. The second-order valence-corrected chi connectivity index (χ2v) is 6.67. The second-order valence-electron chi connectivity index (χ2n) is 5.14. The van der Waals surface area contributed by atoms with E-state index in [-0.39, 0.29) is 0 Å². The van der Waals surface area contributed by atoms with E-state index in [1.54, 1.807) is 0 Å². The number of anilines is 1. The first kappa shape index (κ1) is 13.5. The predicted octanol–water partition coefficient (Wildman–Crippen LogP) is 2.07. The summed E-state index contributed by atoms with van der Waals surface area (Å²) < 4.78 is 0. The van der Waals surface area contributed by atoms with Gasteiger partial charge in [-0.1, -0.05) is 11.6 Å². The number of rotatable bonds is 2. The summed E-state index contributed by atoms with van der Waals surface area (Å²) >= 11 is 8.09. The first-order valence-electron chi connectivity index (χ1n) is 6.80. The van der Waals surface area contributed by atoms with Gasteiger partial charge in [-0.05, 0) is 19.1 Å². The first-order valence-corrected chi connectivity index (χ1v) is 8.33. The van der Waals surface area contributed by atoms with Crippen LogP contribution in [0.4, 0.5) is 5.82 Å². The topological polar surface area (TPSA) is 32.3 Å². The number of nitrogens with zero attached hydrogens (tertiary/aromatic N) is 4. The Morgan fingerprint density at radius 2 is 2.05 bits per heavy atom. The van der Waals surface area contributed by atoms with Crippen LogP contribution >= 0.6 is 23.4 Å². The van der Waals surface area contributed by atoms with Gasteiger partial charge in [0.1, 0.15) is 16.8 Å². The third-order valence-corrected chi connectivity index (χ3v) is 5.19. The fourth-order valence-electron chi connectivity index (χ4n) is 2.80. The molecule has 6 heteroatoms. The van der Waals surface area contributed by atoms with Crippen LogP contribution in [0.2, 0.25) is 5.15 Å². The van der Waals surface area contributed by atoms with E-state index in [1.807, 2.05) is 13.0 Å². The Labute approximate surface area is 123 Å². The van der Waals surface area contributed by atoms with Crippen LogP contribution in [-0.4, -0.2) is 58.6 Å². The van der Waals surface area contributed by atoms with E-state index < -0.39 is 0 Å². The third kappa shape index (κ3) is 3.15. The summed E-state index contributed by atoms with van der Waals surface area (Å²) in [6, 6.07) is 2.66. The Bertz CT molecular complexity index is 422. The number of hydrogen-bond acceptors (Lipinski definition) is 5. The minimum atomic E-state index is 0.539. The van der Waals surface area contributed by atoms with Crippen LogP contribution in [0, 0.1) is 6.92 Å². The van der Waals surface area contributed by atoms with Crippen molar-refractivity contribution in [2.24, 2.45) is 0 Å². The lowest BCUT2D eigenvalue weighted by Crippen LogP contribution is -2.50. The largest absolute Gasteiger partial charge is 0.354 e. The molecule has 0 saturated carbocycles. The molecule has 0 N–H and O–H groups in total. The van der Waals surface area contributed by atoms with E-state index in [4.69, 9.17) is 11.6 Å². The Hall–Kier alpha value is -0.520. The molecule has 0 unspecified atom stereocenters. The van der Waals surface area contributed by atoms with E-state index in [2.05, 4.69) is 31.5 Å². The second kappa shape index (κ2) is 5.85. The van der Waals surface area contributed by atoms with Crippen molar-refractivity contribution < 1.29 is 0 Å². The number of piperazine rings is 1. The number of halogens is 1. The van der Waals surface area contributed by atoms with Crippen LogP contribution in [-0.2, 0) is 0 Å². The lowest BCUT2D eigenvalue weighted by molar-refractivity contribution is 0.200. The summed E-state index contributed by atoms with van der Waals surface area (Å²) in [5, 5.41) is 0.539. The lowest BCUT2D eigenvalue weighted by Gasteiger charge is -2.38. The lowest BCUT2D eigenvalue weighted by atomic mass is 10.2. The van der Waals surface area contributed by atoms with Gasteiger partial charge in [0.2, 0.25) is 0 Å². The third-order valence-electron chi connectivity index (χ3n) is 3.85. The molecular formula is C13H19ClN4S. The summed E-state index contributed by atoms with van der Waals surface area (Å²) in [7, 11) is 0. The van der Waals surface area contributed by atoms with Gasteiger partial charge in [0.25, 0.3) is 0 Å². The fourth-order valence-corrected chi connectivity index (χ4v) is 4.28. The molecule has 2 saturated heterocycles. The minimum Gasteiger partial charge on any atom is -0.354 e. The molecule has 19 heavy (non-hydrogen) atoms. The molecule has 4 nitrogen and oxygen atoms in total. The minimum absolute atomic E-state index is 0.539. The highest BCUT2D eigenvalue weighted by Crippen LogP contribution is 2.24. The quantitative estimate of drug-likeness (QED) is 0.781. The molecule has 1 atom stereocenters. The van der Waals surface area contributed by atoms with Crippen LogP contribution in [0.5, 0.6) is 0 Å².